The molecule has 0 unspecified atom stereocenters. The smallest absolute Gasteiger partial charge is 0.303 e. The van der Waals surface area contributed by atoms with E-state index in [9.17, 15) is 4.79 Å². The summed E-state index contributed by atoms with van der Waals surface area (Å²) in [6, 6.07) is 0. The minimum Gasteiger partial charge on any atom is -0.481 e. The molecule has 2 nitrogen and oxygen atoms in total. The maximum atomic E-state index is 10.1. The molecule has 0 amide bonds. The van der Waals surface area contributed by atoms with Crippen molar-refractivity contribution in [2.24, 2.45) is 5.92 Å². The minimum absolute atomic E-state index is 0. The van der Waals surface area contributed by atoms with Crippen molar-refractivity contribution in [1.82, 2.24) is 0 Å². The molecule has 0 aromatic carbocycles. The molecule has 3 heteroatoms. The zero-order chi connectivity index (χ0) is 7.98. The normalized spacial score (nSPS) is 9.36. The summed E-state index contributed by atoms with van der Waals surface area (Å²) < 4.78 is 0. The SMILES string of the molecule is CCC(CC)CCC(=O)O.[Li]. The summed E-state index contributed by atoms with van der Waals surface area (Å²) in [6.45, 7) is 4.21. The summed E-state index contributed by atoms with van der Waals surface area (Å²) in [5, 5.41) is 8.35. The van der Waals surface area contributed by atoms with E-state index in [0.29, 0.717) is 12.3 Å². The molecule has 0 atom stereocenters. The second-order valence-electron chi connectivity index (χ2n) is 2.61. The van der Waals surface area contributed by atoms with E-state index in [4.69, 9.17) is 5.11 Å². The first-order chi connectivity index (χ1) is 4.70. The number of rotatable bonds is 5. The van der Waals surface area contributed by atoms with Crippen molar-refractivity contribution in [3.63, 3.8) is 0 Å². The van der Waals surface area contributed by atoms with Gasteiger partial charge in [0.05, 0.1) is 0 Å². The molecule has 1 radical (unpaired) electrons. The Kier molecular flexibility index (Phi) is 10.1. The van der Waals surface area contributed by atoms with Crippen molar-refractivity contribution < 1.29 is 9.90 Å². The summed E-state index contributed by atoms with van der Waals surface area (Å²) in [4.78, 5) is 10.1. The van der Waals surface area contributed by atoms with Gasteiger partial charge >= 0.3 is 5.97 Å². The average molecular weight is 151 g/mol. The molecule has 0 aliphatic carbocycles. The van der Waals surface area contributed by atoms with Crippen LogP contribution in [0.25, 0.3) is 0 Å². The summed E-state index contributed by atoms with van der Waals surface area (Å²) in [6.07, 6.45) is 3.36. The fourth-order valence-electron chi connectivity index (χ4n) is 1.02. The van der Waals surface area contributed by atoms with Crippen molar-refractivity contribution in [2.75, 3.05) is 0 Å². The van der Waals surface area contributed by atoms with Crippen LogP contribution in [-0.4, -0.2) is 29.9 Å². The molecule has 0 rings (SSSR count). The first-order valence-electron chi connectivity index (χ1n) is 3.92. The summed E-state index contributed by atoms with van der Waals surface area (Å²) >= 11 is 0. The fraction of sp³-hybridized carbons (Fsp3) is 0.875. The molecule has 61 valence electrons. The third-order valence-electron chi connectivity index (χ3n) is 1.92. The average Bonchev–Trinajstić information content (AvgIpc) is 1.90. The first kappa shape index (κ1) is 13.6. The molecule has 0 aromatic heterocycles. The van der Waals surface area contributed by atoms with Gasteiger partial charge in [-0.2, -0.15) is 0 Å². The van der Waals surface area contributed by atoms with Gasteiger partial charge in [0, 0.05) is 25.3 Å². The zero-order valence-corrected chi connectivity index (χ0v) is 7.76. The minimum atomic E-state index is -0.674. The third-order valence-corrected chi connectivity index (χ3v) is 1.92. The van der Waals surface area contributed by atoms with Crippen molar-refractivity contribution in [3.8, 4) is 0 Å². The van der Waals surface area contributed by atoms with Crippen LogP contribution in [0.1, 0.15) is 39.5 Å². The first-order valence-corrected chi connectivity index (χ1v) is 3.92. The van der Waals surface area contributed by atoms with E-state index < -0.39 is 5.97 Å². The molecule has 11 heavy (non-hydrogen) atoms. The molecule has 0 spiro atoms. The predicted octanol–water partition coefficient (Wildman–Crippen LogP) is 1.91. The van der Waals surface area contributed by atoms with E-state index >= 15 is 0 Å². The van der Waals surface area contributed by atoms with Gasteiger partial charge < -0.3 is 5.11 Å². The number of carboxylic acids is 1. The molecule has 0 aliphatic heterocycles. The van der Waals surface area contributed by atoms with Crippen LogP contribution in [0.15, 0.2) is 0 Å². The molecule has 0 fully saturated rings. The quantitative estimate of drug-likeness (QED) is 0.609. The third kappa shape index (κ3) is 7.97. The van der Waals surface area contributed by atoms with Gasteiger partial charge in [0.2, 0.25) is 0 Å². The van der Waals surface area contributed by atoms with E-state index in [2.05, 4.69) is 13.8 Å². The topological polar surface area (TPSA) is 37.3 Å². The summed E-state index contributed by atoms with van der Waals surface area (Å²) in [7, 11) is 0. The fourth-order valence-corrected chi connectivity index (χ4v) is 1.02. The molecule has 0 saturated carbocycles. The van der Waals surface area contributed by atoms with Gasteiger partial charge in [-0.25, -0.2) is 0 Å². The molecular weight excluding hydrogens is 135 g/mol. The molecule has 0 aliphatic rings. The molecule has 0 bridgehead atoms. The van der Waals surface area contributed by atoms with Gasteiger partial charge in [-0.3, -0.25) is 4.79 Å². The van der Waals surface area contributed by atoms with Crippen LogP contribution in [0.5, 0.6) is 0 Å². The van der Waals surface area contributed by atoms with Crippen LogP contribution in [0.3, 0.4) is 0 Å². The number of hydrogen-bond acceptors (Lipinski definition) is 1. The van der Waals surface area contributed by atoms with E-state index in [1.165, 1.54) is 0 Å². The summed E-state index contributed by atoms with van der Waals surface area (Å²) in [5.41, 5.74) is 0. The molecule has 0 heterocycles. The largest absolute Gasteiger partial charge is 0.481 e. The Morgan fingerprint density at radius 3 is 2.09 bits per heavy atom. The Bertz CT molecular complexity index is 100. The van der Waals surface area contributed by atoms with Gasteiger partial charge in [-0.1, -0.05) is 26.7 Å². The Morgan fingerprint density at radius 2 is 1.82 bits per heavy atom. The maximum Gasteiger partial charge on any atom is 0.303 e. The molecule has 0 aromatic rings. The second-order valence-corrected chi connectivity index (χ2v) is 2.61. The van der Waals surface area contributed by atoms with Crippen LogP contribution in [0, 0.1) is 5.92 Å². The Labute approximate surface area is 80.5 Å². The van der Waals surface area contributed by atoms with E-state index in [1.807, 2.05) is 0 Å². The number of carboxylic acid groups (broad SMARTS) is 1. The number of carbonyl (C=O) groups is 1. The van der Waals surface area contributed by atoms with Crippen LogP contribution in [0.2, 0.25) is 0 Å². The zero-order valence-electron chi connectivity index (χ0n) is 7.76. The van der Waals surface area contributed by atoms with Gasteiger partial charge in [0.15, 0.2) is 0 Å². The van der Waals surface area contributed by atoms with Gasteiger partial charge in [-0.15, -0.1) is 0 Å². The van der Waals surface area contributed by atoms with E-state index in [1.54, 1.807) is 0 Å². The standard InChI is InChI=1S/C8H16O2.Li/c1-3-7(4-2)5-6-8(9)10;/h7H,3-6H2,1-2H3,(H,9,10);. The van der Waals surface area contributed by atoms with Crippen molar-refractivity contribution in [2.45, 2.75) is 39.5 Å². The van der Waals surface area contributed by atoms with Crippen molar-refractivity contribution >= 4 is 24.8 Å². The van der Waals surface area contributed by atoms with E-state index in [0.717, 1.165) is 19.3 Å². The predicted molar refractivity (Wildman–Crippen MR) is 46.7 cm³/mol. The maximum absolute atomic E-state index is 10.1. The van der Waals surface area contributed by atoms with Gasteiger partial charge in [0.25, 0.3) is 0 Å². The summed E-state index contributed by atoms with van der Waals surface area (Å²) in [5.74, 6) is -0.0667. The molecule has 1 N–H and O–H groups in total. The van der Waals surface area contributed by atoms with Gasteiger partial charge in [-0.05, 0) is 12.3 Å². The van der Waals surface area contributed by atoms with Crippen LogP contribution >= 0.6 is 0 Å². The Morgan fingerprint density at radius 1 is 1.36 bits per heavy atom. The molecular formula is C8H16LiO2. The van der Waals surface area contributed by atoms with Crippen LogP contribution < -0.4 is 0 Å². The Hall–Kier alpha value is 0.0674. The molecule has 0 saturated heterocycles. The monoisotopic (exact) mass is 151 g/mol. The number of aliphatic carboxylic acids is 1. The van der Waals surface area contributed by atoms with Crippen LogP contribution in [-0.2, 0) is 4.79 Å². The van der Waals surface area contributed by atoms with E-state index in [-0.39, 0.29) is 18.9 Å². The Balaban J connectivity index is 0. The number of hydrogen-bond donors (Lipinski definition) is 1. The van der Waals surface area contributed by atoms with Crippen LogP contribution in [0.4, 0.5) is 0 Å². The van der Waals surface area contributed by atoms with Crippen molar-refractivity contribution in [3.05, 3.63) is 0 Å². The van der Waals surface area contributed by atoms with Crippen molar-refractivity contribution in [1.29, 1.82) is 0 Å². The van der Waals surface area contributed by atoms with Gasteiger partial charge in [0.1, 0.15) is 0 Å². The second kappa shape index (κ2) is 8.17.